The van der Waals surface area contributed by atoms with Crippen LogP contribution in [0.4, 0.5) is 0 Å². The zero-order valence-electron chi connectivity index (χ0n) is 11.0. The Hall–Kier alpha value is -1.35. The van der Waals surface area contributed by atoms with E-state index in [4.69, 9.17) is 4.74 Å². The van der Waals surface area contributed by atoms with Gasteiger partial charge in [-0.1, -0.05) is 24.3 Å². The molecule has 0 aromatic heterocycles. The van der Waals surface area contributed by atoms with E-state index in [0.29, 0.717) is 0 Å². The molecule has 17 heavy (non-hydrogen) atoms. The first-order chi connectivity index (χ1) is 8.00. The van der Waals surface area contributed by atoms with Gasteiger partial charge in [0.15, 0.2) is 0 Å². The second-order valence-electron chi connectivity index (χ2n) is 4.51. The summed E-state index contributed by atoms with van der Waals surface area (Å²) in [4.78, 5) is 11.6. The quantitative estimate of drug-likeness (QED) is 0.852. The minimum atomic E-state index is -0.0746. The molecule has 0 heterocycles. The van der Waals surface area contributed by atoms with E-state index < -0.39 is 0 Å². The number of amides is 1. The third kappa shape index (κ3) is 4.57. The Balaban J connectivity index is 2.52. The van der Waals surface area contributed by atoms with Gasteiger partial charge in [-0.15, -0.1) is 0 Å². The SMILES string of the molecule is Cc1ccccc1C(C)NC(=O)COC(C)C. The number of ether oxygens (including phenoxy) is 1. The summed E-state index contributed by atoms with van der Waals surface area (Å²) < 4.78 is 5.26. The Morgan fingerprint density at radius 2 is 1.94 bits per heavy atom. The molecule has 0 aliphatic heterocycles. The monoisotopic (exact) mass is 235 g/mol. The molecule has 0 saturated carbocycles. The third-order valence-electron chi connectivity index (χ3n) is 2.58. The second kappa shape index (κ2) is 6.40. The number of carbonyl (C=O) groups is 1. The van der Waals surface area contributed by atoms with Crippen LogP contribution in [-0.2, 0) is 9.53 Å². The fourth-order valence-corrected chi connectivity index (χ4v) is 1.68. The van der Waals surface area contributed by atoms with Crippen LogP contribution in [0, 0.1) is 6.92 Å². The highest BCUT2D eigenvalue weighted by Gasteiger charge is 2.11. The predicted octanol–water partition coefficient (Wildman–Crippen LogP) is 2.60. The van der Waals surface area contributed by atoms with Gasteiger partial charge < -0.3 is 10.1 Å². The van der Waals surface area contributed by atoms with Crippen molar-refractivity contribution in [2.24, 2.45) is 0 Å². The zero-order valence-corrected chi connectivity index (χ0v) is 11.0. The molecule has 1 aromatic rings. The highest BCUT2D eigenvalue weighted by atomic mass is 16.5. The molecule has 94 valence electrons. The van der Waals surface area contributed by atoms with Crippen LogP contribution in [0.1, 0.15) is 37.9 Å². The van der Waals surface area contributed by atoms with Gasteiger partial charge in [0.05, 0.1) is 12.1 Å². The third-order valence-corrected chi connectivity index (χ3v) is 2.58. The van der Waals surface area contributed by atoms with E-state index in [1.807, 2.05) is 52.0 Å². The maximum absolute atomic E-state index is 11.6. The van der Waals surface area contributed by atoms with E-state index in [1.165, 1.54) is 5.56 Å². The molecule has 0 saturated heterocycles. The van der Waals surface area contributed by atoms with Crippen LogP contribution >= 0.6 is 0 Å². The molecule has 1 atom stereocenters. The first-order valence-electron chi connectivity index (χ1n) is 5.97. The molecule has 0 fully saturated rings. The topological polar surface area (TPSA) is 38.3 Å². The van der Waals surface area contributed by atoms with Crippen LogP contribution in [0.5, 0.6) is 0 Å². The van der Waals surface area contributed by atoms with Crippen LogP contribution in [0.2, 0.25) is 0 Å². The van der Waals surface area contributed by atoms with Crippen molar-refractivity contribution < 1.29 is 9.53 Å². The lowest BCUT2D eigenvalue weighted by Crippen LogP contribution is -2.31. The zero-order chi connectivity index (χ0) is 12.8. The summed E-state index contributed by atoms with van der Waals surface area (Å²) >= 11 is 0. The van der Waals surface area contributed by atoms with Crippen LogP contribution in [0.25, 0.3) is 0 Å². The van der Waals surface area contributed by atoms with Gasteiger partial charge in [0.1, 0.15) is 6.61 Å². The average molecular weight is 235 g/mol. The Bertz CT molecular complexity index is 374. The van der Waals surface area contributed by atoms with Crippen molar-refractivity contribution >= 4 is 5.91 Å². The Kier molecular flexibility index (Phi) is 5.16. The molecule has 0 radical (unpaired) electrons. The molecular weight excluding hydrogens is 214 g/mol. The van der Waals surface area contributed by atoms with E-state index in [1.54, 1.807) is 0 Å². The van der Waals surface area contributed by atoms with E-state index in [9.17, 15) is 4.79 Å². The van der Waals surface area contributed by atoms with Gasteiger partial charge in [0.25, 0.3) is 0 Å². The minimum Gasteiger partial charge on any atom is -0.369 e. The first-order valence-corrected chi connectivity index (χ1v) is 5.97. The first kappa shape index (κ1) is 13.7. The van der Waals surface area contributed by atoms with Gasteiger partial charge in [-0.2, -0.15) is 0 Å². The van der Waals surface area contributed by atoms with Crippen LogP contribution in [-0.4, -0.2) is 18.6 Å². The summed E-state index contributed by atoms with van der Waals surface area (Å²) in [5.74, 6) is -0.0746. The second-order valence-corrected chi connectivity index (χ2v) is 4.51. The number of hydrogen-bond donors (Lipinski definition) is 1. The van der Waals surface area contributed by atoms with Crippen molar-refractivity contribution in [1.82, 2.24) is 5.32 Å². The maximum Gasteiger partial charge on any atom is 0.246 e. The Labute approximate surface area is 103 Å². The lowest BCUT2D eigenvalue weighted by Gasteiger charge is -2.17. The van der Waals surface area contributed by atoms with Crippen molar-refractivity contribution in [2.45, 2.75) is 39.8 Å². The summed E-state index contributed by atoms with van der Waals surface area (Å²) in [6.07, 6.45) is 0.0783. The summed E-state index contributed by atoms with van der Waals surface area (Å²) in [5, 5.41) is 2.93. The highest BCUT2D eigenvalue weighted by molar-refractivity contribution is 5.77. The van der Waals surface area contributed by atoms with Crippen LogP contribution < -0.4 is 5.32 Å². The van der Waals surface area contributed by atoms with E-state index >= 15 is 0 Å². The largest absolute Gasteiger partial charge is 0.369 e. The van der Waals surface area contributed by atoms with E-state index in [2.05, 4.69) is 5.32 Å². The molecule has 1 amide bonds. The maximum atomic E-state index is 11.6. The summed E-state index contributed by atoms with van der Waals surface area (Å²) in [6, 6.07) is 8.07. The smallest absolute Gasteiger partial charge is 0.246 e. The Morgan fingerprint density at radius 1 is 1.29 bits per heavy atom. The number of benzene rings is 1. The summed E-state index contributed by atoms with van der Waals surface area (Å²) in [7, 11) is 0. The van der Waals surface area contributed by atoms with Crippen molar-refractivity contribution in [3.05, 3.63) is 35.4 Å². The standard InChI is InChI=1S/C14H21NO2/c1-10(2)17-9-14(16)15-12(4)13-8-6-5-7-11(13)3/h5-8,10,12H,9H2,1-4H3,(H,15,16). The van der Waals surface area contributed by atoms with Crippen molar-refractivity contribution in [1.29, 1.82) is 0 Å². The van der Waals surface area contributed by atoms with Crippen molar-refractivity contribution in [3.8, 4) is 0 Å². The van der Waals surface area contributed by atoms with Gasteiger partial charge in [0.2, 0.25) is 5.91 Å². The lowest BCUT2D eigenvalue weighted by atomic mass is 10.0. The molecule has 1 N–H and O–H groups in total. The molecule has 3 nitrogen and oxygen atoms in total. The molecule has 0 aliphatic carbocycles. The molecule has 0 spiro atoms. The van der Waals surface area contributed by atoms with Crippen molar-refractivity contribution in [3.63, 3.8) is 0 Å². The summed E-state index contributed by atoms with van der Waals surface area (Å²) in [5.41, 5.74) is 2.33. The van der Waals surface area contributed by atoms with Gasteiger partial charge in [0, 0.05) is 0 Å². The average Bonchev–Trinajstić information content (AvgIpc) is 2.26. The number of rotatable bonds is 5. The fraction of sp³-hybridized carbons (Fsp3) is 0.500. The number of hydrogen-bond acceptors (Lipinski definition) is 2. The van der Waals surface area contributed by atoms with Gasteiger partial charge in [-0.3, -0.25) is 4.79 Å². The lowest BCUT2D eigenvalue weighted by molar-refractivity contribution is -0.127. The Morgan fingerprint density at radius 3 is 2.53 bits per heavy atom. The van der Waals surface area contributed by atoms with Gasteiger partial charge in [-0.25, -0.2) is 0 Å². The number of aryl methyl sites for hydroxylation is 1. The predicted molar refractivity (Wildman–Crippen MR) is 68.8 cm³/mol. The van der Waals surface area contributed by atoms with E-state index in [-0.39, 0.29) is 24.7 Å². The molecule has 1 aromatic carbocycles. The van der Waals surface area contributed by atoms with Gasteiger partial charge in [-0.05, 0) is 38.8 Å². The number of nitrogens with one attached hydrogen (secondary N) is 1. The fourth-order valence-electron chi connectivity index (χ4n) is 1.68. The van der Waals surface area contributed by atoms with Crippen LogP contribution in [0.15, 0.2) is 24.3 Å². The molecular formula is C14H21NO2. The van der Waals surface area contributed by atoms with E-state index in [0.717, 1.165) is 5.56 Å². The minimum absolute atomic E-state index is 0.0134. The van der Waals surface area contributed by atoms with Gasteiger partial charge >= 0.3 is 0 Å². The molecule has 0 bridgehead atoms. The molecule has 0 aliphatic rings. The number of carbonyl (C=O) groups excluding carboxylic acids is 1. The molecule has 3 heteroatoms. The van der Waals surface area contributed by atoms with Crippen molar-refractivity contribution in [2.75, 3.05) is 6.61 Å². The summed E-state index contributed by atoms with van der Waals surface area (Å²) in [6.45, 7) is 7.97. The molecule has 1 unspecified atom stereocenters. The molecule has 1 rings (SSSR count). The highest BCUT2D eigenvalue weighted by Crippen LogP contribution is 2.16. The van der Waals surface area contributed by atoms with Crippen LogP contribution in [0.3, 0.4) is 0 Å². The normalized spacial score (nSPS) is 12.5.